The van der Waals surface area contributed by atoms with E-state index in [0.29, 0.717) is 23.2 Å². The monoisotopic (exact) mass is 486 g/mol. The third-order valence-electron chi connectivity index (χ3n) is 4.52. The Bertz CT molecular complexity index is 1160. The molecule has 0 saturated heterocycles. The van der Waals surface area contributed by atoms with Gasteiger partial charge in [-0.15, -0.1) is 11.3 Å². The van der Waals surface area contributed by atoms with E-state index >= 15 is 0 Å². The molecule has 13 heteroatoms. The highest BCUT2D eigenvalue weighted by molar-refractivity contribution is 7.13. The van der Waals surface area contributed by atoms with Crippen LogP contribution in [0.1, 0.15) is 56.2 Å². The standard InChI is InChI=1S/C19H18ClF3N6O2S/c1-4-29-10(3)11(6-26-29)16(30)27-9(2)18-25-8-14(32-18)17(31)28-15-5-12(19(21,22)23)13(20)7-24-15/h5-9H,4H2,1-3H3,(H,27,30)(H,24,28,31)/t9-/m1/s1. The van der Waals surface area contributed by atoms with Crippen LogP contribution < -0.4 is 10.6 Å². The maximum atomic E-state index is 13.0. The quantitative estimate of drug-likeness (QED) is 0.535. The molecular formula is C19H18ClF3N6O2S. The lowest BCUT2D eigenvalue weighted by molar-refractivity contribution is -0.137. The zero-order valence-electron chi connectivity index (χ0n) is 17.1. The van der Waals surface area contributed by atoms with Crippen molar-refractivity contribution in [1.29, 1.82) is 0 Å². The molecular weight excluding hydrogens is 469 g/mol. The van der Waals surface area contributed by atoms with Crippen LogP contribution in [0.3, 0.4) is 0 Å². The minimum absolute atomic E-state index is 0.140. The molecule has 0 aliphatic carbocycles. The molecule has 1 atom stereocenters. The maximum absolute atomic E-state index is 13.0. The Morgan fingerprint density at radius 1 is 1.22 bits per heavy atom. The number of hydrogen-bond donors (Lipinski definition) is 2. The number of anilines is 1. The normalized spacial score (nSPS) is 12.5. The number of thiazole rings is 1. The summed E-state index contributed by atoms with van der Waals surface area (Å²) in [5.41, 5.74) is 0.0556. The van der Waals surface area contributed by atoms with E-state index in [9.17, 15) is 22.8 Å². The van der Waals surface area contributed by atoms with Gasteiger partial charge in [0.15, 0.2) is 0 Å². The number of rotatable bonds is 6. The van der Waals surface area contributed by atoms with Gasteiger partial charge in [0.1, 0.15) is 15.7 Å². The summed E-state index contributed by atoms with van der Waals surface area (Å²) in [6, 6.07) is 0.146. The Morgan fingerprint density at radius 3 is 2.56 bits per heavy atom. The first-order valence-corrected chi connectivity index (χ1v) is 10.5. The van der Waals surface area contributed by atoms with Crippen molar-refractivity contribution in [3.8, 4) is 0 Å². The van der Waals surface area contributed by atoms with Crippen LogP contribution in [0.25, 0.3) is 0 Å². The van der Waals surface area contributed by atoms with Gasteiger partial charge in [-0.2, -0.15) is 18.3 Å². The first kappa shape index (κ1) is 23.7. The lowest BCUT2D eigenvalue weighted by atomic mass is 10.2. The second kappa shape index (κ2) is 9.25. The fourth-order valence-corrected chi connectivity index (χ4v) is 3.85. The molecule has 2 amide bonds. The molecule has 0 spiro atoms. The fraction of sp³-hybridized carbons (Fsp3) is 0.316. The van der Waals surface area contributed by atoms with Crippen LogP contribution in [-0.4, -0.2) is 31.6 Å². The van der Waals surface area contributed by atoms with E-state index in [1.807, 2.05) is 6.92 Å². The second-order valence-electron chi connectivity index (χ2n) is 6.72. The average molecular weight is 487 g/mol. The minimum atomic E-state index is -4.68. The number of carbonyl (C=O) groups excluding carboxylic acids is 2. The average Bonchev–Trinajstić information content (AvgIpc) is 3.35. The van der Waals surface area contributed by atoms with Crippen molar-refractivity contribution in [2.45, 2.75) is 39.5 Å². The van der Waals surface area contributed by atoms with Crippen molar-refractivity contribution in [3.63, 3.8) is 0 Å². The van der Waals surface area contributed by atoms with Gasteiger partial charge in [-0.1, -0.05) is 11.6 Å². The van der Waals surface area contributed by atoms with E-state index < -0.39 is 28.7 Å². The molecule has 3 aromatic heterocycles. The van der Waals surface area contributed by atoms with E-state index in [0.717, 1.165) is 23.2 Å². The molecule has 2 N–H and O–H groups in total. The molecule has 0 bridgehead atoms. The summed E-state index contributed by atoms with van der Waals surface area (Å²) >= 11 is 6.53. The number of aromatic nitrogens is 4. The summed E-state index contributed by atoms with van der Waals surface area (Å²) in [7, 11) is 0. The molecule has 0 fully saturated rings. The van der Waals surface area contributed by atoms with Gasteiger partial charge in [-0.25, -0.2) is 9.97 Å². The summed E-state index contributed by atoms with van der Waals surface area (Å²) < 4.78 is 40.6. The van der Waals surface area contributed by atoms with E-state index in [4.69, 9.17) is 11.6 Å². The van der Waals surface area contributed by atoms with Crippen LogP contribution in [0.2, 0.25) is 5.02 Å². The smallest absolute Gasteiger partial charge is 0.343 e. The Hall–Kier alpha value is -2.99. The molecule has 170 valence electrons. The van der Waals surface area contributed by atoms with Crippen molar-refractivity contribution in [1.82, 2.24) is 25.1 Å². The van der Waals surface area contributed by atoms with E-state index in [2.05, 4.69) is 25.7 Å². The van der Waals surface area contributed by atoms with Gasteiger partial charge in [0.2, 0.25) is 0 Å². The van der Waals surface area contributed by atoms with Crippen LogP contribution in [0.5, 0.6) is 0 Å². The molecule has 0 aromatic carbocycles. The predicted octanol–water partition coefficient (Wildman–Crippen LogP) is 4.48. The molecule has 0 saturated carbocycles. The van der Waals surface area contributed by atoms with Gasteiger partial charge < -0.3 is 10.6 Å². The summed E-state index contributed by atoms with van der Waals surface area (Å²) in [4.78, 5) is 32.9. The van der Waals surface area contributed by atoms with Crippen LogP contribution in [0.15, 0.2) is 24.7 Å². The number of nitrogens with zero attached hydrogens (tertiary/aromatic N) is 4. The van der Waals surface area contributed by atoms with E-state index in [1.165, 1.54) is 12.4 Å². The van der Waals surface area contributed by atoms with Crippen LogP contribution in [0, 0.1) is 6.92 Å². The molecule has 32 heavy (non-hydrogen) atoms. The minimum Gasteiger partial charge on any atom is -0.343 e. The lowest BCUT2D eigenvalue weighted by Gasteiger charge is -2.11. The maximum Gasteiger partial charge on any atom is 0.418 e. The summed E-state index contributed by atoms with van der Waals surface area (Å²) in [5.74, 6) is -1.32. The third-order valence-corrected chi connectivity index (χ3v) is 6.00. The zero-order chi connectivity index (χ0) is 23.6. The highest BCUT2D eigenvalue weighted by Gasteiger charge is 2.34. The first-order valence-electron chi connectivity index (χ1n) is 9.34. The van der Waals surface area contributed by atoms with Crippen molar-refractivity contribution in [3.05, 3.63) is 56.4 Å². The highest BCUT2D eigenvalue weighted by Crippen LogP contribution is 2.35. The summed E-state index contributed by atoms with van der Waals surface area (Å²) in [6.07, 6.45) is -1.11. The van der Waals surface area contributed by atoms with Crippen LogP contribution >= 0.6 is 22.9 Å². The van der Waals surface area contributed by atoms with Crippen molar-refractivity contribution >= 4 is 40.6 Å². The Balaban J connectivity index is 1.69. The fourth-order valence-electron chi connectivity index (χ4n) is 2.82. The number of amides is 2. The van der Waals surface area contributed by atoms with E-state index in [1.54, 1.807) is 18.5 Å². The van der Waals surface area contributed by atoms with Gasteiger partial charge in [0.05, 0.1) is 34.6 Å². The van der Waals surface area contributed by atoms with Gasteiger partial charge in [-0.05, 0) is 26.8 Å². The van der Waals surface area contributed by atoms with Crippen molar-refractivity contribution in [2.75, 3.05) is 5.32 Å². The van der Waals surface area contributed by atoms with Crippen LogP contribution in [0.4, 0.5) is 19.0 Å². The number of alkyl halides is 3. The molecule has 3 heterocycles. The largest absolute Gasteiger partial charge is 0.418 e. The lowest BCUT2D eigenvalue weighted by Crippen LogP contribution is -2.27. The summed E-state index contributed by atoms with van der Waals surface area (Å²) in [6.45, 7) is 6.04. The Labute approximate surface area is 189 Å². The van der Waals surface area contributed by atoms with E-state index in [-0.39, 0.29) is 16.6 Å². The number of halogens is 4. The number of nitrogens with one attached hydrogen (secondary N) is 2. The number of pyridine rings is 1. The Morgan fingerprint density at radius 2 is 1.94 bits per heavy atom. The Kier molecular flexibility index (Phi) is 6.84. The molecule has 8 nitrogen and oxygen atoms in total. The second-order valence-corrected chi connectivity index (χ2v) is 8.19. The third kappa shape index (κ3) is 5.07. The molecule has 3 aromatic rings. The first-order chi connectivity index (χ1) is 15.0. The van der Waals surface area contributed by atoms with Gasteiger partial charge >= 0.3 is 6.18 Å². The molecule has 0 radical (unpaired) electrons. The predicted molar refractivity (Wildman–Crippen MR) is 113 cm³/mol. The molecule has 0 aliphatic heterocycles. The van der Waals surface area contributed by atoms with Crippen LogP contribution in [-0.2, 0) is 12.7 Å². The molecule has 0 aliphatic rings. The van der Waals surface area contributed by atoms with Gasteiger partial charge in [0.25, 0.3) is 11.8 Å². The topological polar surface area (TPSA) is 102 Å². The summed E-state index contributed by atoms with van der Waals surface area (Å²) in [5, 5.41) is 9.10. The zero-order valence-corrected chi connectivity index (χ0v) is 18.7. The molecule has 0 unspecified atom stereocenters. The van der Waals surface area contributed by atoms with Gasteiger partial charge in [0, 0.05) is 18.4 Å². The van der Waals surface area contributed by atoms with Crippen molar-refractivity contribution in [2.24, 2.45) is 0 Å². The number of aryl methyl sites for hydroxylation is 1. The van der Waals surface area contributed by atoms with Gasteiger partial charge in [-0.3, -0.25) is 14.3 Å². The number of hydrogen-bond acceptors (Lipinski definition) is 6. The highest BCUT2D eigenvalue weighted by atomic mass is 35.5. The SMILES string of the molecule is CCn1ncc(C(=O)N[C@H](C)c2ncc(C(=O)Nc3cc(C(F)(F)F)c(Cl)cn3)s2)c1C. The molecule has 3 rings (SSSR count). The van der Waals surface area contributed by atoms with Crippen molar-refractivity contribution < 1.29 is 22.8 Å². The number of carbonyl (C=O) groups is 2.